The third-order valence-corrected chi connectivity index (χ3v) is 6.51. The smallest absolute Gasteiger partial charge is 0.225 e. The highest BCUT2D eigenvalue weighted by Crippen LogP contribution is 2.36. The molecule has 3 aliphatic rings. The van der Waals surface area contributed by atoms with Crippen LogP contribution in [0.2, 0.25) is 0 Å². The topological polar surface area (TPSA) is 92.2 Å². The van der Waals surface area contributed by atoms with Gasteiger partial charge < -0.3 is 20.1 Å². The molecule has 0 unspecified atom stereocenters. The first kappa shape index (κ1) is 19.4. The number of carbonyl (C=O) groups is 2. The van der Waals surface area contributed by atoms with Gasteiger partial charge in [-0.2, -0.15) is 0 Å². The fourth-order valence-electron chi connectivity index (χ4n) is 5.21. The van der Waals surface area contributed by atoms with Crippen molar-refractivity contribution in [2.75, 3.05) is 19.6 Å². The van der Waals surface area contributed by atoms with E-state index in [2.05, 4.69) is 25.4 Å². The highest BCUT2D eigenvalue weighted by atomic mass is 16.2. The van der Waals surface area contributed by atoms with Crippen molar-refractivity contribution < 1.29 is 9.59 Å². The zero-order chi connectivity index (χ0) is 19.6. The number of aromatic nitrogens is 3. The number of likely N-dealkylation sites (tertiary alicyclic amines) is 1. The monoisotopic (exact) mass is 388 g/mol. The second-order valence-corrected chi connectivity index (χ2v) is 8.57. The summed E-state index contributed by atoms with van der Waals surface area (Å²) < 4.78 is 2.21. The van der Waals surface area contributed by atoms with Gasteiger partial charge in [-0.1, -0.05) is 19.3 Å². The molecule has 1 aliphatic carbocycles. The molecule has 1 saturated heterocycles. The highest BCUT2D eigenvalue weighted by Gasteiger charge is 2.40. The van der Waals surface area contributed by atoms with Gasteiger partial charge in [-0.15, -0.1) is 10.2 Å². The molecule has 2 amide bonds. The zero-order valence-electron chi connectivity index (χ0n) is 16.9. The Balaban J connectivity index is 1.52. The molecule has 1 atom stereocenters. The van der Waals surface area contributed by atoms with Gasteiger partial charge in [0, 0.05) is 51.5 Å². The molecule has 0 bridgehead atoms. The maximum atomic E-state index is 13.3. The molecule has 2 N–H and O–H groups in total. The van der Waals surface area contributed by atoms with Crippen LogP contribution in [0.1, 0.15) is 76.0 Å². The van der Waals surface area contributed by atoms with Crippen molar-refractivity contribution in [3.05, 3.63) is 11.6 Å². The molecule has 0 radical (unpaired) electrons. The second-order valence-electron chi connectivity index (χ2n) is 8.57. The Morgan fingerprint density at radius 2 is 1.96 bits per heavy atom. The van der Waals surface area contributed by atoms with Crippen LogP contribution in [0.15, 0.2) is 0 Å². The Morgan fingerprint density at radius 3 is 2.75 bits per heavy atom. The lowest BCUT2D eigenvalue weighted by Gasteiger charge is -2.39. The molecule has 2 aliphatic heterocycles. The average molecular weight is 389 g/mol. The van der Waals surface area contributed by atoms with E-state index in [4.69, 9.17) is 0 Å². The van der Waals surface area contributed by atoms with E-state index in [-0.39, 0.29) is 23.4 Å². The van der Waals surface area contributed by atoms with Crippen LogP contribution in [0.4, 0.5) is 0 Å². The van der Waals surface area contributed by atoms with Gasteiger partial charge in [0.15, 0.2) is 5.82 Å². The van der Waals surface area contributed by atoms with Crippen molar-refractivity contribution in [3.63, 3.8) is 0 Å². The number of nitrogens with one attached hydrogen (secondary N) is 2. The highest BCUT2D eigenvalue weighted by molar-refractivity contribution is 5.80. The van der Waals surface area contributed by atoms with Crippen LogP contribution in [0.25, 0.3) is 0 Å². The van der Waals surface area contributed by atoms with Crippen molar-refractivity contribution in [1.82, 2.24) is 30.3 Å². The van der Waals surface area contributed by atoms with Crippen molar-refractivity contribution in [2.45, 2.75) is 82.8 Å². The summed E-state index contributed by atoms with van der Waals surface area (Å²) in [7, 11) is 0. The first-order valence-electron chi connectivity index (χ1n) is 10.8. The van der Waals surface area contributed by atoms with E-state index in [9.17, 15) is 9.59 Å². The SMILES string of the molecule is CC(=O)NC1(CC(=O)N2CCC[C@@H]2c2nnc3n2CCNCC3)CCCCC1. The quantitative estimate of drug-likeness (QED) is 0.812. The number of hydrogen-bond donors (Lipinski definition) is 2. The predicted molar refractivity (Wildman–Crippen MR) is 105 cm³/mol. The third-order valence-electron chi connectivity index (χ3n) is 6.51. The van der Waals surface area contributed by atoms with E-state index in [1.165, 1.54) is 6.42 Å². The molecule has 1 saturated carbocycles. The molecule has 1 aromatic heterocycles. The number of fused-ring (bicyclic) bond motifs is 1. The summed E-state index contributed by atoms with van der Waals surface area (Å²) in [6.07, 6.45) is 8.30. The molecular weight excluding hydrogens is 356 g/mol. The number of carbonyl (C=O) groups excluding carboxylic acids is 2. The van der Waals surface area contributed by atoms with Gasteiger partial charge >= 0.3 is 0 Å². The van der Waals surface area contributed by atoms with Crippen molar-refractivity contribution in [2.24, 2.45) is 0 Å². The number of hydrogen-bond acceptors (Lipinski definition) is 5. The third kappa shape index (κ3) is 3.92. The molecule has 8 heteroatoms. The molecule has 2 fully saturated rings. The number of rotatable bonds is 4. The van der Waals surface area contributed by atoms with E-state index in [0.717, 1.165) is 82.8 Å². The van der Waals surface area contributed by atoms with Gasteiger partial charge in [0.1, 0.15) is 5.82 Å². The molecule has 0 aromatic carbocycles. The molecule has 8 nitrogen and oxygen atoms in total. The van der Waals surface area contributed by atoms with Gasteiger partial charge in [0.2, 0.25) is 11.8 Å². The first-order chi connectivity index (χ1) is 13.6. The molecule has 4 rings (SSSR count). The van der Waals surface area contributed by atoms with E-state index in [1.807, 2.05) is 4.90 Å². The summed E-state index contributed by atoms with van der Waals surface area (Å²) in [6, 6.07) is 0.00446. The zero-order valence-corrected chi connectivity index (χ0v) is 16.9. The van der Waals surface area contributed by atoms with Gasteiger partial charge in [-0.25, -0.2) is 0 Å². The Morgan fingerprint density at radius 1 is 1.14 bits per heavy atom. The fraction of sp³-hybridized carbons (Fsp3) is 0.800. The minimum absolute atomic E-state index is 0.00446. The van der Waals surface area contributed by atoms with Crippen molar-refractivity contribution >= 4 is 11.8 Å². The summed E-state index contributed by atoms with van der Waals surface area (Å²) >= 11 is 0. The van der Waals surface area contributed by atoms with E-state index >= 15 is 0 Å². The summed E-state index contributed by atoms with van der Waals surface area (Å²) in [6.45, 7) is 5.00. The Hall–Kier alpha value is -1.96. The summed E-state index contributed by atoms with van der Waals surface area (Å²) in [5.41, 5.74) is -0.375. The number of amides is 2. The maximum absolute atomic E-state index is 13.3. The van der Waals surface area contributed by atoms with Crippen LogP contribution < -0.4 is 10.6 Å². The Bertz CT molecular complexity index is 724. The second kappa shape index (κ2) is 8.19. The average Bonchev–Trinajstić information content (AvgIpc) is 3.22. The molecule has 1 aromatic rings. The predicted octanol–water partition coefficient (Wildman–Crippen LogP) is 1.32. The van der Waals surface area contributed by atoms with Crippen molar-refractivity contribution in [1.29, 1.82) is 0 Å². The van der Waals surface area contributed by atoms with Crippen LogP contribution >= 0.6 is 0 Å². The molecular formula is C20H32N6O2. The summed E-state index contributed by atoms with van der Waals surface area (Å²) in [5.74, 6) is 2.05. The van der Waals surface area contributed by atoms with Gasteiger partial charge in [0.25, 0.3) is 0 Å². The lowest BCUT2D eigenvalue weighted by atomic mass is 9.78. The van der Waals surface area contributed by atoms with E-state index in [1.54, 1.807) is 6.92 Å². The molecule has 3 heterocycles. The Kier molecular flexibility index (Phi) is 5.66. The van der Waals surface area contributed by atoms with Gasteiger partial charge in [-0.05, 0) is 25.7 Å². The summed E-state index contributed by atoms with van der Waals surface area (Å²) in [5, 5.41) is 15.4. The largest absolute Gasteiger partial charge is 0.350 e. The standard InChI is InChI=1S/C20H32N6O2/c1-15(27)22-20(8-3-2-4-9-20)14-18(28)25-12-5-6-16(25)19-24-23-17-7-10-21-11-13-26(17)19/h16,21H,2-14H2,1H3,(H,22,27)/t16-/m1/s1. The summed E-state index contributed by atoms with van der Waals surface area (Å²) in [4.78, 5) is 27.1. The van der Waals surface area contributed by atoms with E-state index in [0.29, 0.717) is 6.42 Å². The minimum atomic E-state index is -0.375. The lowest BCUT2D eigenvalue weighted by molar-refractivity contribution is -0.135. The lowest BCUT2D eigenvalue weighted by Crippen LogP contribution is -2.52. The van der Waals surface area contributed by atoms with Crippen LogP contribution in [0.5, 0.6) is 0 Å². The van der Waals surface area contributed by atoms with Crippen LogP contribution in [0.3, 0.4) is 0 Å². The van der Waals surface area contributed by atoms with Gasteiger partial charge in [-0.3, -0.25) is 9.59 Å². The minimum Gasteiger partial charge on any atom is -0.350 e. The van der Waals surface area contributed by atoms with E-state index < -0.39 is 0 Å². The Labute approximate surface area is 166 Å². The normalized spacial score (nSPS) is 24.5. The molecule has 0 spiro atoms. The molecule has 28 heavy (non-hydrogen) atoms. The van der Waals surface area contributed by atoms with Crippen LogP contribution in [0, 0.1) is 0 Å². The first-order valence-corrected chi connectivity index (χ1v) is 10.8. The fourth-order valence-corrected chi connectivity index (χ4v) is 5.21. The van der Waals surface area contributed by atoms with Crippen molar-refractivity contribution in [3.8, 4) is 0 Å². The molecule has 154 valence electrons. The van der Waals surface area contributed by atoms with Crippen LogP contribution in [-0.4, -0.2) is 56.7 Å². The maximum Gasteiger partial charge on any atom is 0.225 e. The van der Waals surface area contributed by atoms with Crippen LogP contribution in [-0.2, 0) is 22.6 Å². The van der Waals surface area contributed by atoms with Gasteiger partial charge in [0.05, 0.1) is 6.04 Å². The number of nitrogens with zero attached hydrogens (tertiary/aromatic N) is 4.